The summed E-state index contributed by atoms with van der Waals surface area (Å²) in [6.07, 6.45) is 0. The third-order valence-electron chi connectivity index (χ3n) is 4.11. The molecule has 2 aromatic carbocycles. The Balaban J connectivity index is 2.48. The van der Waals surface area contributed by atoms with Crippen LogP contribution in [0.25, 0.3) is 0 Å². The van der Waals surface area contributed by atoms with Gasteiger partial charge in [0.2, 0.25) is 0 Å². The fourth-order valence-electron chi connectivity index (χ4n) is 2.56. The second kappa shape index (κ2) is 7.29. The highest BCUT2D eigenvalue weighted by Crippen LogP contribution is 2.24. The van der Waals surface area contributed by atoms with E-state index in [4.69, 9.17) is 0 Å². The summed E-state index contributed by atoms with van der Waals surface area (Å²) < 4.78 is 25.0. The highest BCUT2D eigenvalue weighted by atomic mass is 32.2. The maximum Gasteiger partial charge on any atom is 0.336 e. The lowest BCUT2D eigenvalue weighted by Gasteiger charge is -2.15. The number of hydrogen-bond donors (Lipinski definition) is 2. The van der Waals surface area contributed by atoms with Crippen molar-refractivity contribution in [3.05, 3.63) is 58.7 Å². The van der Waals surface area contributed by atoms with Gasteiger partial charge in [0.05, 0.1) is 21.3 Å². The van der Waals surface area contributed by atoms with E-state index in [0.29, 0.717) is 16.8 Å². The average molecular weight is 375 g/mol. The summed E-state index contributed by atoms with van der Waals surface area (Å²) in [5, 5.41) is 11.2. The number of anilines is 1. The number of amides is 1. The predicted molar refractivity (Wildman–Crippen MR) is 99.6 cm³/mol. The molecular formula is C19H21NO5S. The third kappa shape index (κ3) is 3.77. The number of carbonyl (C=O) groups excluding carboxylic acids is 1. The van der Waals surface area contributed by atoms with E-state index < -0.39 is 27.0 Å². The van der Waals surface area contributed by atoms with E-state index in [1.807, 2.05) is 0 Å². The number of rotatable bonds is 5. The van der Waals surface area contributed by atoms with Gasteiger partial charge in [-0.15, -0.1) is 0 Å². The van der Waals surface area contributed by atoms with E-state index in [2.05, 4.69) is 5.32 Å². The quantitative estimate of drug-likeness (QED) is 0.834. The molecule has 0 aliphatic carbocycles. The highest BCUT2D eigenvalue weighted by molar-refractivity contribution is 7.92. The van der Waals surface area contributed by atoms with Gasteiger partial charge in [-0.05, 0) is 57.0 Å². The zero-order valence-electron chi connectivity index (χ0n) is 15.0. The maximum absolute atomic E-state index is 12.7. The van der Waals surface area contributed by atoms with Crippen molar-refractivity contribution < 1.29 is 23.1 Å². The largest absolute Gasteiger partial charge is 0.478 e. The molecular weight excluding hydrogens is 354 g/mol. The van der Waals surface area contributed by atoms with Crippen LogP contribution in [0.4, 0.5) is 5.69 Å². The number of carboxylic acid groups (broad SMARTS) is 1. The number of carbonyl (C=O) groups is 2. The van der Waals surface area contributed by atoms with Crippen molar-refractivity contribution in [1.82, 2.24) is 0 Å². The topological polar surface area (TPSA) is 101 Å². The summed E-state index contributed by atoms with van der Waals surface area (Å²) >= 11 is 0. The van der Waals surface area contributed by atoms with Gasteiger partial charge >= 0.3 is 5.97 Å². The Labute approximate surface area is 152 Å². The summed E-state index contributed by atoms with van der Waals surface area (Å²) in [4.78, 5) is 24.0. The van der Waals surface area contributed by atoms with Crippen LogP contribution in [0.5, 0.6) is 0 Å². The average Bonchev–Trinajstić information content (AvgIpc) is 2.56. The molecule has 0 saturated carbocycles. The molecule has 0 aliphatic heterocycles. The summed E-state index contributed by atoms with van der Waals surface area (Å²) in [7, 11) is -3.64. The molecule has 6 nitrogen and oxygen atoms in total. The normalized spacial score (nSPS) is 11.4. The smallest absolute Gasteiger partial charge is 0.336 e. The molecule has 0 aliphatic rings. The Morgan fingerprint density at radius 1 is 1.00 bits per heavy atom. The highest BCUT2D eigenvalue weighted by Gasteiger charge is 2.25. The molecule has 0 bridgehead atoms. The standard InChI is InChI=1S/C19H21NO5S/c1-11(2)26(24,25)17-8-6-5-7-14(17)18(21)20-16-10-15(19(22)23)12(3)9-13(16)4/h5-11H,1-4H3,(H,20,21)(H,22,23). The molecule has 0 atom stereocenters. The molecule has 0 aromatic heterocycles. The van der Waals surface area contributed by atoms with Gasteiger partial charge in [0.1, 0.15) is 0 Å². The van der Waals surface area contributed by atoms with Crippen molar-refractivity contribution in [3.63, 3.8) is 0 Å². The van der Waals surface area contributed by atoms with Gasteiger partial charge in [-0.3, -0.25) is 4.79 Å². The summed E-state index contributed by atoms with van der Waals surface area (Å²) in [5.41, 5.74) is 1.70. The Morgan fingerprint density at radius 2 is 1.62 bits per heavy atom. The summed E-state index contributed by atoms with van der Waals surface area (Å²) in [6, 6.07) is 9.02. The second-order valence-electron chi connectivity index (χ2n) is 6.33. The fourth-order valence-corrected chi connectivity index (χ4v) is 3.81. The first-order chi connectivity index (χ1) is 12.1. The molecule has 0 radical (unpaired) electrons. The number of aromatic carboxylic acids is 1. The van der Waals surface area contributed by atoms with Crippen molar-refractivity contribution in [1.29, 1.82) is 0 Å². The molecule has 2 rings (SSSR count). The lowest BCUT2D eigenvalue weighted by atomic mass is 10.0. The minimum atomic E-state index is -3.64. The zero-order valence-corrected chi connectivity index (χ0v) is 15.8. The van der Waals surface area contributed by atoms with Crippen molar-refractivity contribution >= 4 is 27.4 Å². The number of sulfone groups is 1. The molecule has 0 unspecified atom stereocenters. The monoisotopic (exact) mass is 375 g/mol. The van der Waals surface area contributed by atoms with E-state index in [1.54, 1.807) is 45.9 Å². The van der Waals surface area contributed by atoms with Crippen LogP contribution in [-0.4, -0.2) is 30.7 Å². The molecule has 26 heavy (non-hydrogen) atoms. The van der Waals surface area contributed by atoms with Crippen LogP contribution in [-0.2, 0) is 9.84 Å². The molecule has 2 aromatic rings. The van der Waals surface area contributed by atoms with Gasteiger partial charge < -0.3 is 10.4 Å². The Kier molecular flexibility index (Phi) is 5.51. The minimum Gasteiger partial charge on any atom is -0.478 e. The van der Waals surface area contributed by atoms with Crippen molar-refractivity contribution in [2.75, 3.05) is 5.32 Å². The van der Waals surface area contributed by atoms with Crippen molar-refractivity contribution in [2.45, 2.75) is 37.8 Å². The molecule has 7 heteroatoms. The lowest BCUT2D eigenvalue weighted by Crippen LogP contribution is -2.21. The van der Waals surface area contributed by atoms with Crippen LogP contribution >= 0.6 is 0 Å². The van der Waals surface area contributed by atoms with Crippen LogP contribution in [0.2, 0.25) is 0 Å². The van der Waals surface area contributed by atoms with E-state index in [1.165, 1.54) is 18.2 Å². The molecule has 1 amide bonds. The number of nitrogens with one attached hydrogen (secondary N) is 1. The Hall–Kier alpha value is -2.67. The zero-order chi connectivity index (χ0) is 19.6. The van der Waals surface area contributed by atoms with Gasteiger partial charge in [0, 0.05) is 5.69 Å². The van der Waals surface area contributed by atoms with Crippen molar-refractivity contribution in [2.24, 2.45) is 0 Å². The SMILES string of the molecule is Cc1cc(C)c(C(=O)O)cc1NC(=O)c1ccccc1S(=O)(=O)C(C)C. The van der Waals surface area contributed by atoms with Gasteiger partial charge in [0.25, 0.3) is 5.91 Å². The number of benzene rings is 2. The number of carboxylic acids is 1. The van der Waals surface area contributed by atoms with E-state index in [0.717, 1.165) is 0 Å². The first-order valence-corrected chi connectivity index (χ1v) is 9.59. The second-order valence-corrected chi connectivity index (χ2v) is 8.80. The van der Waals surface area contributed by atoms with E-state index >= 15 is 0 Å². The number of hydrogen-bond acceptors (Lipinski definition) is 4. The summed E-state index contributed by atoms with van der Waals surface area (Å²) in [6.45, 7) is 6.51. The molecule has 2 N–H and O–H groups in total. The Bertz CT molecular complexity index is 977. The Morgan fingerprint density at radius 3 is 2.19 bits per heavy atom. The first-order valence-electron chi connectivity index (χ1n) is 8.04. The van der Waals surface area contributed by atoms with Gasteiger partial charge in [0.15, 0.2) is 9.84 Å². The maximum atomic E-state index is 12.7. The van der Waals surface area contributed by atoms with Crippen LogP contribution < -0.4 is 5.32 Å². The first kappa shape index (κ1) is 19.7. The van der Waals surface area contributed by atoms with Crippen LogP contribution in [0.1, 0.15) is 45.7 Å². The van der Waals surface area contributed by atoms with Crippen molar-refractivity contribution in [3.8, 4) is 0 Å². The van der Waals surface area contributed by atoms with Gasteiger partial charge in [-0.2, -0.15) is 0 Å². The van der Waals surface area contributed by atoms with Gasteiger partial charge in [-0.1, -0.05) is 18.2 Å². The van der Waals surface area contributed by atoms with Gasteiger partial charge in [-0.25, -0.2) is 13.2 Å². The van der Waals surface area contributed by atoms with E-state index in [-0.39, 0.29) is 16.0 Å². The summed E-state index contributed by atoms with van der Waals surface area (Å²) in [5.74, 6) is -1.70. The molecule has 0 saturated heterocycles. The lowest BCUT2D eigenvalue weighted by molar-refractivity contribution is 0.0695. The van der Waals surface area contributed by atoms with Crippen LogP contribution in [0.15, 0.2) is 41.3 Å². The molecule has 0 heterocycles. The minimum absolute atomic E-state index is 0.0260. The van der Waals surface area contributed by atoms with Crippen LogP contribution in [0.3, 0.4) is 0 Å². The number of aryl methyl sites for hydroxylation is 2. The van der Waals surface area contributed by atoms with Crippen LogP contribution in [0, 0.1) is 13.8 Å². The fraction of sp³-hybridized carbons (Fsp3) is 0.263. The third-order valence-corrected chi connectivity index (χ3v) is 6.32. The molecule has 0 spiro atoms. The molecule has 0 fully saturated rings. The molecule has 138 valence electrons. The van der Waals surface area contributed by atoms with E-state index in [9.17, 15) is 23.1 Å². The predicted octanol–water partition coefficient (Wildman–Crippen LogP) is 3.44.